The number of amides is 2. The van der Waals surface area contributed by atoms with E-state index in [0.29, 0.717) is 47.8 Å². The summed E-state index contributed by atoms with van der Waals surface area (Å²) in [6.07, 6.45) is -0.991. The van der Waals surface area contributed by atoms with Gasteiger partial charge in [-0.3, -0.25) is 9.59 Å². The van der Waals surface area contributed by atoms with E-state index < -0.39 is 30.0 Å². The first kappa shape index (κ1) is 38.3. The van der Waals surface area contributed by atoms with Crippen LogP contribution in [0.4, 0.5) is 0 Å². The fraction of sp³-hybridized carbons (Fsp3) is 0.235. The Balaban J connectivity index is 1.46. The van der Waals surface area contributed by atoms with Crippen LogP contribution < -0.4 is 20.1 Å². The van der Waals surface area contributed by atoms with Crippen LogP contribution in [0.3, 0.4) is 0 Å². The minimum atomic E-state index is -1.37. The molecule has 2 unspecified atom stereocenters. The van der Waals surface area contributed by atoms with Gasteiger partial charge in [-0.1, -0.05) is 22.5 Å². The average Bonchev–Trinajstić information content (AvgIpc) is 3.10. The number of aliphatic hydroxyl groups excluding tert-OH is 1. The van der Waals surface area contributed by atoms with Crippen LogP contribution in [-0.2, 0) is 28.9 Å². The Bertz CT molecular complexity index is 2000. The second kappa shape index (κ2) is 17.1. The van der Waals surface area contributed by atoms with Gasteiger partial charge in [-0.25, -0.2) is 0 Å². The lowest BCUT2D eigenvalue weighted by molar-refractivity contribution is -0.123. The minimum absolute atomic E-state index is 0.00388. The van der Waals surface area contributed by atoms with E-state index >= 15 is 0 Å². The van der Waals surface area contributed by atoms with Gasteiger partial charge < -0.3 is 35.4 Å². The number of phenols is 2. The second-order valence-corrected chi connectivity index (χ2v) is 14.9. The number of aromatic hydroxyl groups is 2. The molecule has 13 nitrogen and oxygen atoms in total. The SMILES string of the molecule is O=NC1Cc2ccc(c(Br)c2)Oc2cc(cc(Br)c2O)CC(N=O)C(=O)NC[C@@H](O)c2ccc(c(Br)c2)Oc2cc(cc(Br)c2O)CCNC1=O. The molecule has 17 heteroatoms. The standard InChI is InChI=1S/C34H28Br4N4O9/c35-20-7-16-1-3-27(20)50-30-13-18(9-23(38)32(30)45)11-25(42-49)34(47)40-15-26(43)19-2-4-28(21(36)14-19)51-29-12-17(8-22(37)31(29)44)5-6-39-33(46)24(10-16)41-48/h1-4,7-9,12-14,24-26,43-45H,5-6,10-11,15H2,(H,39,46)(H,40,47)/t24?,25?,26-/m1/s1. The molecule has 4 heterocycles. The molecule has 0 aliphatic carbocycles. The molecule has 0 radical (unpaired) electrons. The number of hydrogen-bond donors (Lipinski definition) is 5. The van der Waals surface area contributed by atoms with E-state index in [1.54, 1.807) is 48.5 Å². The Labute approximate surface area is 324 Å². The van der Waals surface area contributed by atoms with E-state index in [-0.39, 0.29) is 59.2 Å². The largest absolute Gasteiger partial charge is 0.503 e. The summed E-state index contributed by atoms with van der Waals surface area (Å²) < 4.78 is 13.4. The first-order chi connectivity index (χ1) is 24.4. The molecular weight excluding hydrogens is 928 g/mol. The molecule has 266 valence electrons. The van der Waals surface area contributed by atoms with E-state index in [1.807, 2.05) is 0 Å². The van der Waals surface area contributed by atoms with E-state index in [1.165, 1.54) is 12.1 Å². The molecule has 8 bridgehead atoms. The summed E-state index contributed by atoms with van der Waals surface area (Å²) in [5.74, 6) is -0.974. The van der Waals surface area contributed by atoms with Gasteiger partial charge in [-0.2, -0.15) is 0 Å². The van der Waals surface area contributed by atoms with Crippen LogP contribution in [0.25, 0.3) is 0 Å². The van der Waals surface area contributed by atoms with Gasteiger partial charge in [0.1, 0.15) is 11.5 Å². The van der Waals surface area contributed by atoms with Crippen molar-refractivity contribution < 1.29 is 34.4 Å². The third kappa shape index (κ3) is 9.51. The van der Waals surface area contributed by atoms with Crippen LogP contribution in [-0.4, -0.2) is 52.3 Å². The number of nitrogens with one attached hydrogen (secondary N) is 2. The number of ether oxygens (including phenoxy) is 2. The maximum absolute atomic E-state index is 13.0. The fourth-order valence-electron chi connectivity index (χ4n) is 5.15. The Hall–Kier alpha value is -3.90. The zero-order chi connectivity index (χ0) is 36.8. The predicted molar refractivity (Wildman–Crippen MR) is 201 cm³/mol. The van der Waals surface area contributed by atoms with E-state index in [2.05, 4.69) is 84.7 Å². The number of halogens is 4. The number of nitroso groups, excluding NO2 is 2. The highest BCUT2D eigenvalue weighted by Crippen LogP contribution is 2.42. The van der Waals surface area contributed by atoms with Crippen LogP contribution in [0.1, 0.15) is 28.4 Å². The van der Waals surface area contributed by atoms with Crippen LogP contribution in [0.5, 0.6) is 34.5 Å². The summed E-state index contributed by atoms with van der Waals surface area (Å²) in [7, 11) is 0. The van der Waals surface area contributed by atoms with E-state index in [4.69, 9.17) is 9.47 Å². The molecule has 0 fully saturated rings. The summed E-state index contributed by atoms with van der Waals surface area (Å²) in [6.45, 7) is -0.0717. The van der Waals surface area contributed by atoms with Gasteiger partial charge in [0.05, 0.1) is 24.0 Å². The number of hydrogen-bond acceptors (Lipinski definition) is 11. The Kier molecular flexibility index (Phi) is 12.8. The van der Waals surface area contributed by atoms with Crippen LogP contribution >= 0.6 is 63.7 Å². The zero-order valence-corrected chi connectivity index (χ0v) is 32.6. The van der Waals surface area contributed by atoms with Crippen molar-refractivity contribution in [1.29, 1.82) is 0 Å². The summed E-state index contributed by atoms with van der Waals surface area (Å²) in [5, 5.41) is 43.5. The monoisotopic (exact) mass is 952 g/mol. The lowest BCUT2D eigenvalue weighted by Gasteiger charge is -2.17. The second-order valence-electron chi connectivity index (χ2n) is 11.5. The average molecular weight is 956 g/mol. The molecule has 3 atom stereocenters. The lowest BCUT2D eigenvalue weighted by Crippen LogP contribution is -2.37. The molecule has 8 rings (SSSR count). The maximum Gasteiger partial charge on any atom is 0.248 e. The van der Waals surface area contributed by atoms with Gasteiger partial charge in [-0.05, 0) is 141 Å². The summed E-state index contributed by atoms with van der Waals surface area (Å²) in [6, 6.07) is 13.3. The van der Waals surface area contributed by atoms with Gasteiger partial charge in [0.25, 0.3) is 0 Å². The molecule has 0 aromatic heterocycles. The molecule has 5 N–H and O–H groups in total. The molecule has 4 aliphatic rings. The van der Waals surface area contributed by atoms with Crippen molar-refractivity contribution >= 4 is 75.5 Å². The highest BCUT2D eigenvalue weighted by molar-refractivity contribution is 9.11. The number of aliphatic hydroxyl groups is 1. The number of phenolic OH excluding ortho intramolecular Hbond substituents is 2. The van der Waals surface area contributed by atoms with Crippen LogP contribution in [0, 0.1) is 9.81 Å². The zero-order valence-electron chi connectivity index (χ0n) is 26.2. The maximum atomic E-state index is 13.0. The Morgan fingerprint density at radius 1 is 0.627 bits per heavy atom. The van der Waals surface area contributed by atoms with Gasteiger partial charge in [0, 0.05) is 25.9 Å². The summed E-state index contributed by atoms with van der Waals surface area (Å²) in [4.78, 5) is 49.4. The Morgan fingerprint density at radius 2 is 1.14 bits per heavy atom. The van der Waals surface area contributed by atoms with Crippen molar-refractivity contribution in [1.82, 2.24) is 10.6 Å². The van der Waals surface area contributed by atoms with Crippen LogP contribution in [0.2, 0.25) is 0 Å². The summed E-state index contributed by atoms with van der Waals surface area (Å²) >= 11 is 13.5. The van der Waals surface area contributed by atoms with Crippen molar-refractivity contribution in [3.05, 3.63) is 111 Å². The van der Waals surface area contributed by atoms with Crippen LogP contribution in [0.15, 0.2) is 88.9 Å². The number of benzene rings is 4. The summed E-state index contributed by atoms with van der Waals surface area (Å²) in [5.41, 5.74) is 2.15. The third-order valence-electron chi connectivity index (χ3n) is 7.85. The first-order valence-electron chi connectivity index (χ1n) is 15.2. The van der Waals surface area contributed by atoms with Crippen molar-refractivity contribution in [2.45, 2.75) is 37.5 Å². The lowest BCUT2D eigenvalue weighted by atomic mass is 10.0. The number of carbonyl (C=O) groups is 2. The van der Waals surface area contributed by atoms with Gasteiger partial charge in [0.15, 0.2) is 35.1 Å². The fourth-order valence-corrected chi connectivity index (χ4v) is 7.12. The van der Waals surface area contributed by atoms with Gasteiger partial charge >= 0.3 is 0 Å². The van der Waals surface area contributed by atoms with Crippen molar-refractivity contribution in [3.8, 4) is 34.5 Å². The third-order valence-corrected chi connectivity index (χ3v) is 10.3. The molecule has 4 aromatic carbocycles. The van der Waals surface area contributed by atoms with Gasteiger partial charge in [-0.15, -0.1) is 9.81 Å². The molecule has 4 aromatic rings. The number of rotatable bonds is 2. The molecule has 0 saturated heterocycles. The molecule has 4 aliphatic heterocycles. The molecule has 0 spiro atoms. The predicted octanol–water partition coefficient (Wildman–Crippen LogP) is 7.61. The smallest absolute Gasteiger partial charge is 0.248 e. The normalized spacial score (nSPS) is 18.7. The highest BCUT2D eigenvalue weighted by Gasteiger charge is 2.24. The molecular formula is C34H28Br4N4O9. The van der Waals surface area contributed by atoms with E-state index in [9.17, 15) is 34.7 Å². The minimum Gasteiger partial charge on any atom is -0.503 e. The molecule has 2 amide bonds. The topological polar surface area (TPSA) is 196 Å². The number of carbonyl (C=O) groups excluding carboxylic acids is 2. The van der Waals surface area contributed by atoms with Crippen molar-refractivity contribution in [2.24, 2.45) is 10.4 Å². The van der Waals surface area contributed by atoms with Gasteiger partial charge in [0.2, 0.25) is 11.8 Å². The first-order valence-corrected chi connectivity index (χ1v) is 18.4. The molecule has 0 saturated carbocycles. The quantitative estimate of drug-likeness (QED) is 0.126. The van der Waals surface area contributed by atoms with Crippen molar-refractivity contribution in [2.75, 3.05) is 13.1 Å². The highest BCUT2D eigenvalue weighted by atomic mass is 79.9. The molecule has 51 heavy (non-hydrogen) atoms. The number of nitrogens with zero attached hydrogens (tertiary/aromatic N) is 2. The van der Waals surface area contributed by atoms with E-state index in [0.717, 1.165) is 0 Å². The Morgan fingerprint density at radius 3 is 1.73 bits per heavy atom. The van der Waals surface area contributed by atoms with Crippen molar-refractivity contribution in [3.63, 3.8) is 0 Å².